The molecule has 1 saturated carbocycles. The van der Waals surface area contributed by atoms with Crippen LogP contribution in [-0.4, -0.2) is 20.4 Å². The third kappa shape index (κ3) is 6.54. The van der Waals surface area contributed by atoms with Crippen LogP contribution in [-0.2, 0) is 21.4 Å². The van der Waals surface area contributed by atoms with Gasteiger partial charge in [0.15, 0.2) is 0 Å². The summed E-state index contributed by atoms with van der Waals surface area (Å²) < 4.78 is 33.1. The van der Waals surface area contributed by atoms with Crippen molar-refractivity contribution in [3.63, 3.8) is 0 Å². The van der Waals surface area contributed by atoms with E-state index in [1.807, 2.05) is 55.5 Å². The van der Waals surface area contributed by atoms with Crippen LogP contribution in [0.3, 0.4) is 0 Å². The quantitative estimate of drug-likeness (QED) is 0.453. The molecule has 2 N–H and O–H groups in total. The molecule has 0 unspecified atom stereocenters. The summed E-state index contributed by atoms with van der Waals surface area (Å²) in [6, 6.07) is 21.9. The maximum atomic E-state index is 12.5. The first-order valence-electron chi connectivity index (χ1n) is 10.8. The molecule has 170 valence electrons. The number of sulfonamides is 1. The fourth-order valence-electron chi connectivity index (χ4n) is 3.18. The van der Waals surface area contributed by atoms with Gasteiger partial charge in [-0.15, -0.1) is 0 Å². The molecule has 6 nitrogen and oxygen atoms in total. The zero-order chi connectivity index (χ0) is 23.3. The number of nitrogens with one attached hydrogen (secondary N) is 2. The van der Waals surface area contributed by atoms with Gasteiger partial charge in [0.05, 0.1) is 10.6 Å². The number of benzene rings is 3. The van der Waals surface area contributed by atoms with Crippen LogP contribution in [0.15, 0.2) is 83.8 Å². The van der Waals surface area contributed by atoms with Crippen LogP contribution in [0.4, 0.5) is 5.69 Å². The van der Waals surface area contributed by atoms with Crippen LogP contribution in [0.25, 0.3) is 6.08 Å². The Balaban J connectivity index is 1.39. The van der Waals surface area contributed by atoms with E-state index in [-0.39, 0.29) is 16.8 Å². The Hall–Kier alpha value is -3.42. The monoisotopic (exact) mass is 462 g/mol. The first-order chi connectivity index (χ1) is 15.9. The molecule has 0 radical (unpaired) electrons. The van der Waals surface area contributed by atoms with Crippen LogP contribution >= 0.6 is 0 Å². The van der Waals surface area contributed by atoms with Crippen LogP contribution in [0, 0.1) is 6.92 Å². The molecular weight excluding hydrogens is 436 g/mol. The molecule has 1 fully saturated rings. The second-order valence-electron chi connectivity index (χ2n) is 8.06. The Morgan fingerprint density at radius 3 is 2.45 bits per heavy atom. The summed E-state index contributed by atoms with van der Waals surface area (Å²) in [5.41, 5.74) is 3.37. The maximum absolute atomic E-state index is 12.5. The minimum absolute atomic E-state index is 0.0570. The fraction of sp³-hybridized carbons (Fsp3) is 0.192. The van der Waals surface area contributed by atoms with Gasteiger partial charge in [0, 0.05) is 12.1 Å². The predicted octanol–water partition coefficient (Wildman–Crippen LogP) is 4.67. The Labute approximate surface area is 194 Å². The number of hydrogen-bond acceptors (Lipinski definition) is 4. The third-order valence-electron chi connectivity index (χ3n) is 5.15. The summed E-state index contributed by atoms with van der Waals surface area (Å²) in [6.07, 6.45) is 4.82. The smallest absolute Gasteiger partial charge is 0.248 e. The summed E-state index contributed by atoms with van der Waals surface area (Å²) >= 11 is 0. The Bertz CT molecular complexity index is 1250. The van der Waals surface area contributed by atoms with Crippen LogP contribution in [0.5, 0.6) is 5.75 Å². The molecule has 0 aromatic heterocycles. The van der Waals surface area contributed by atoms with Gasteiger partial charge in [-0.3, -0.25) is 4.79 Å². The average molecular weight is 463 g/mol. The van der Waals surface area contributed by atoms with E-state index >= 15 is 0 Å². The van der Waals surface area contributed by atoms with Crippen molar-refractivity contribution < 1.29 is 17.9 Å². The zero-order valence-electron chi connectivity index (χ0n) is 18.3. The lowest BCUT2D eigenvalue weighted by atomic mass is 10.2. The largest absolute Gasteiger partial charge is 0.487 e. The third-order valence-corrected chi connectivity index (χ3v) is 6.69. The highest BCUT2D eigenvalue weighted by atomic mass is 32.2. The van der Waals surface area contributed by atoms with E-state index in [9.17, 15) is 13.2 Å². The minimum atomic E-state index is -3.49. The number of amides is 1. The molecule has 1 amide bonds. The number of carbonyl (C=O) groups excluding carboxylic acids is 1. The molecule has 0 aliphatic heterocycles. The molecule has 0 spiro atoms. The lowest BCUT2D eigenvalue weighted by Crippen LogP contribution is -2.25. The van der Waals surface area contributed by atoms with Crippen LogP contribution in [0.2, 0.25) is 0 Å². The van der Waals surface area contributed by atoms with Crippen molar-refractivity contribution in [2.45, 2.75) is 37.3 Å². The van der Waals surface area contributed by atoms with Crippen molar-refractivity contribution in [1.82, 2.24) is 4.72 Å². The second kappa shape index (κ2) is 10.0. The van der Waals surface area contributed by atoms with E-state index in [2.05, 4.69) is 10.0 Å². The average Bonchev–Trinajstić information content (AvgIpc) is 3.62. The van der Waals surface area contributed by atoms with Gasteiger partial charge in [-0.2, -0.15) is 0 Å². The zero-order valence-corrected chi connectivity index (χ0v) is 19.1. The topological polar surface area (TPSA) is 84.5 Å². The van der Waals surface area contributed by atoms with Crippen LogP contribution in [0.1, 0.15) is 29.5 Å². The number of anilines is 1. The van der Waals surface area contributed by atoms with E-state index in [1.165, 1.54) is 18.2 Å². The maximum Gasteiger partial charge on any atom is 0.248 e. The molecule has 4 rings (SSSR count). The molecule has 7 heteroatoms. The van der Waals surface area contributed by atoms with E-state index in [4.69, 9.17) is 4.74 Å². The summed E-state index contributed by atoms with van der Waals surface area (Å²) in [5, 5.41) is 2.85. The lowest BCUT2D eigenvalue weighted by Gasteiger charge is -2.13. The highest BCUT2D eigenvalue weighted by Gasteiger charge is 2.27. The standard InChI is InChI=1S/C26H26N2O4S/c1-19-7-15-24(25(17-19)32-18-21-5-3-2-4-6-21)27-26(29)16-10-20-8-13-23(14-9-20)33(30,31)28-22-11-12-22/h2-10,13-17,22,28H,11-12,18H2,1H3,(H,27,29)/b16-10+. The van der Waals surface area contributed by atoms with E-state index in [0.717, 1.165) is 29.5 Å². The molecule has 0 saturated heterocycles. The molecular formula is C26H26N2O4S. The van der Waals surface area contributed by atoms with Gasteiger partial charge in [-0.05, 0) is 66.8 Å². The Morgan fingerprint density at radius 2 is 1.76 bits per heavy atom. The van der Waals surface area contributed by atoms with Gasteiger partial charge in [-0.25, -0.2) is 13.1 Å². The Morgan fingerprint density at radius 1 is 1.03 bits per heavy atom. The normalized spacial score (nSPS) is 13.7. The van der Waals surface area contributed by atoms with Crippen molar-refractivity contribution in [2.24, 2.45) is 0 Å². The van der Waals surface area contributed by atoms with Gasteiger partial charge in [-0.1, -0.05) is 48.5 Å². The SMILES string of the molecule is Cc1ccc(NC(=O)/C=C/c2ccc(S(=O)(=O)NC3CC3)cc2)c(OCc2ccccc2)c1. The van der Waals surface area contributed by atoms with E-state index < -0.39 is 10.0 Å². The molecule has 3 aromatic rings. The predicted molar refractivity (Wildman–Crippen MR) is 129 cm³/mol. The number of carbonyl (C=O) groups is 1. The number of rotatable bonds is 9. The van der Waals surface area contributed by atoms with Gasteiger partial charge in [0.25, 0.3) is 0 Å². The van der Waals surface area contributed by atoms with Crippen molar-refractivity contribution in [3.05, 3.63) is 95.6 Å². The van der Waals surface area contributed by atoms with Gasteiger partial charge < -0.3 is 10.1 Å². The molecule has 0 bridgehead atoms. The van der Waals surface area contributed by atoms with Crippen molar-refractivity contribution >= 4 is 27.7 Å². The number of hydrogen-bond donors (Lipinski definition) is 2. The molecule has 3 aromatic carbocycles. The van der Waals surface area contributed by atoms with Crippen LogP contribution < -0.4 is 14.8 Å². The lowest BCUT2D eigenvalue weighted by molar-refractivity contribution is -0.111. The number of aryl methyl sites for hydroxylation is 1. The summed E-state index contributed by atoms with van der Waals surface area (Å²) in [7, 11) is -3.49. The highest BCUT2D eigenvalue weighted by molar-refractivity contribution is 7.89. The van der Waals surface area contributed by atoms with E-state index in [1.54, 1.807) is 18.2 Å². The van der Waals surface area contributed by atoms with E-state index in [0.29, 0.717) is 18.0 Å². The summed E-state index contributed by atoms with van der Waals surface area (Å²) in [5.74, 6) is 0.286. The van der Waals surface area contributed by atoms with Gasteiger partial charge >= 0.3 is 0 Å². The second-order valence-corrected chi connectivity index (χ2v) is 9.78. The molecule has 0 heterocycles. The van der Waals surface area contributed by atoms with Gasteiger partial charge in [0.1, 0.15) is 12.4 Å². The van der Waals surface area contributed by atoms with Crippen molar-refractivity contribution in [2.75, 3.05) is 5.32 Å². The first kappa shape index (κ1) is 22.8. The van der Waals surface area contributed by atoms with Gasteiger partial charge in [0.2, 0.25) is 15.9 Å². The number of ether oxygens (including phenoxy) is 1. The molecule has 33 heavy (non-hydrogen) atoms. The molecule has 1 aliphatic carbocycles. The summed E-state index contributed by atoms with van der Waals surface area (Å²) in [6.45, 7) is 2.36. The fourth-order valence-corrected chi connectivity index (χ4v) is 4.49. The highest BCUT2D eigenvalue weighted by Crippen LogP contribution is 2.27. The summed E-state index contributed by atoms with van der Waals surface area (Å²) in [4.78, 5) is 12.7. The van der Waals surface area contributed by atoms with Crippen molar-refractivity contribution in [1.29, 1.82) is 0 Å². The first-order valence-corrected chi connectivity index (χ1v) is 12.3. The van der Waals surface area contributed by atoms with Crippen molar-refractivity contribution in [3.8, 4) is 5.75 Å². The molecule has 0 atom stereocenters. The molecule has 1 aliphatic rings. The minimum Gasteiger partial charge on any atom is -0.487 e. The Kier molecular flexibility index (Phi) is 6.91.